The molecule has 0 N–H and O–H groups in total. The van der Waals surface area contributed by atoms with Gasteiger partial charge in [-0.2, -0.15) is 0 Å². The van der Waals surface area contributed by atoms with E-state index in [-0.39, 0.29) is 0 Å². The van der Waals surface area contributed by atoms with Crippen LogP contribution in [-0.2, 0) is 0 Å². The van der Waals surface area contributed by atoms with Crippen LogP contribution in [0, 0.1) is 17.8 Å². The van der Waals surface area contributed by atoms with Crippen molar-refractivity contribution in [3.05, 3.63) is 146 Å². The quantitative estimate of drug-likeness (QED) is 0.152. The first-order valence-electron chi connectivity index (χ1n) is 21.1. The Morgan fingerprint density at radius 1 is 0.429 bits per heavy atom. The molecular weight excluding hydrogens is 681 g/mol. The molecule has 0 spiro atoms. The van der Waals surface area contributed by atoms with E-state index >= 15 is 0 Å². The normalized spacial score (nSPS) is 17.4. The van der Waals surface area contributed by atoms with Gasteiger partial charge in [-0.15, -0.1) is 0 Å². The van der Waals surface area contributed by atoms with E-state index in [0.29, 0.717) is 25.0 Å². The Bertz CT molecular complexity index is 2530. The Hall–Kier alpha value is -5.60. The summed E-state index contributed by atoms with van der Waals surface area (Å²) in [5, 5.41) is 9.78. The Labute approximate surface area is 331 Å². The van der Waals surface area contributed by atoms with E-state index in [2.05, 4.69) is 153 Å². The number of hydrogen-bond acceptors (Lipinski definition) is 2. The van der Waals surface area contributed by atoms with Gasteiger partial charge in [0.2, 0.25) is 0 Å². The average Bonchev–Trinajstić information content (AvgIpc) is 3.34. The molecule has 2 aliphatic rings. The highest BCUT2D eigenvalue weighted by atomic mass is 16.5. The highest BCUT2D eigenvalue weighted by Crippen LogP contribution is 2.49. The zero-order valence-corrected chi connectivity index (χ0v) is 32.5. The SMILES string of the molecule is CCCCCC1CCC(C2COc3ccc4ccc(-c5ccc6ccccc6c5)cc4c3-c3c(ccc4ccc(-c5ccc6ccccc6c5)cc34)OC2)CC1. The highest BCUT2D eigenvalue weighted by molar-refractivity contribution is 6.11. The summed E-state index contributed by atoms with van der Waals surface area (Å²) in [7, 11) is 0. The Balaban J connectivity index is 1.11. The molecule has 278 valence electrons. The first-order valence-corrected chi connectivity index (χ1v) is 21.1. The van der Waals surface area contributed by atoms with E-state index in [9.17, 15) is 0 Å². The molecule has 1 fully saturated rings. The van der Waals surface area contributed by atoms with E-state index in [0.717, 1.165) is 28.5 Å². The van der Waals surface area contributed by atoms with Gasteiger partial charge in [-0.25, -0.2) is 0 Å². The zero-order valence-electron chi connectivity index (χ0n) is 32.5. The summed E-state index contributed by atoms with van der Waals surface area (Å²) in [5.41, 5.74) is 7.08. The molecule has 0 saturated heterocycles. The fourth-order valence-electron chi connectivity index (χ4n) is 9.80. The third kappa shape index (κ3) is 6.70. The van der Waals surface area contributed by atoms with Gasteiger partial charge in [0.15, 0.2) is 0 Å². The lowest BCUT2D eigenvalue weighted by atomic mass is 9.75. The molecule has 56 heavy (non-hydrogen) atoms. The summed E-state index contributed by atoms with van der Waals surface area (Å²) in [6, 6.07) is 53.6. The van der Waals surface area contributed by atoms with Crippen LogP contribution in [0.4, 0.5) is 0 Å². The van der Waals surface area contributed by atoms with Crippen LogP contribution in [0.5, 0.6) is 11.5 Å². The van der Waals surface area contributed by atoms with E-state index in [4.69, 9.17) is 9.47 Å². The molecule has 0 amide bonds. The highest BCUT2D eigenvalue weighted by Gasteiger charge is 2.31. The predicted molar refractivity (Wildman–Crippen MR) is 237 cm³/mol. The maximum absolute atomic E-state index is 7.08. The molecule has 0 radical (unpaired) electrons. The molecule has 2 nitrogen and oxygen atoms in total. The molecular formula is C54H50O2. The van der Waals surface area contributed by atoms with Crippen LogP contribution >= 0.6 is 0 Å². The first-order chi connectivity index (χ1) is 27.7. The van der Waals surface area contributed by atoms with Gasteiger partial charge in [-0.3, -0.25) is 0 Å². The summed E-state index contributed by atoms with van der Waals surface area (Å²) in [4.78, 5) is 0. The molecule has 0 bridgehead atoms. The van der Waals surface area contributed by atoms with Crippen LogP contribution in [0.25, 0.3) is 76.5 Å². The van der Waals surface area contributed by atoms with Gasteiger partial charge >= 0.3 is 0 Å². The van der Waals surface area contributed by atoms with Crippen molar-refractivity contribution in [3.8, 4) is 44.9 Å². The fourth-order valence-corrected chi connectivity index (χ4v) is 9.80. The summed E-state index contributed by atoms with van der Waals surface area (Å²) in [5.74, 6) is 3.72. The molecule has 1 saturated carbocycles. The lowest BCUT2D eigenvalue weighted by Gasteiger charge is -2.33. The smallest absolute Gasteiger partial charge is 0.127 e. The van der Waals surface area contributed by atoms with Gasteiger partial charge in [-0.1, -0.05) is 155 Å². The van der Waals surface area contributed by atoms with Crippen LogP contribution in [0.1, 0.15) is 58.3 Å². The Kier molecular flexibility index (Phi) is 9.43. The average molecular weight is 731 g/mol. The van der Waals surface area contributed by atoms with E-state index in [1.165, 1.54) is 117 Å². The Morgan fingerprint density at radius 3 is 1.38 bits per heavy atom. The van der Waals surface area contributed by atoms with Crippen molar-refractivity contribution in [2.75, 3.05) is 13.2 Å². The van der Waals surface area contributed by atoms with Crippen molar-refractivity contribution >= 4 is 43.1 Å². The molecule has 0 atom stereocenters. The number of hydrogen-bond donors (Lipinski definition) is 0. The van der Waals surface area contributed by atoms with Gasteiger partial charge in [-0.05, 0) is 126 Å². The fraction of sp³-hybridized carbons (Fsp3) is 0.259. The summed E-state index contributed by atoms with van der Waals surface area (Å²) < 4.78 is 14.2. The number of ether oxygens (including phenoxy) is 2. The van der Waals surface area contributed by atoms with Gasteiger partial charge in [0, 0.05) is 17.0 Å². The van der Waals surface area contributed by atoms with Crippen molar-refractivity contribution in [2.24, 2.45) is 17.8 Å². The number of unbranched alkanes of at least 4 members (excludes halogenated alkanes) is 2. The van der Waals surface area contributed by atoms with Crippen LogP contribution in [-0.4, -0.2) is 13.2 Å². The molecule has 10 rings (SSSR count). The van der Waals surface area contributed by atoms with Gasteiger partial charge in [0.05, 0.1) is 13.2 Å². The second kappa shape index (κ2) is 15.1. The van der Waals surface area contributed by atoms with Crippen molar-refractivity contribution in [1.29, 1.82) is 0 Å². The van der Waals surface area contributed by atoms with E-state index in [1.54, 1.807) is 0 Å². The third-order valence-corrected chi connectivity index (χ3v) is 13.1. The minimum Gasteiger partial charge on any atom is -0.492 e. The van der Waals surface area contributed by atoms with Gasteiger partial charge in [0.1, 0.15) is 11.5 Å². The molecule has 0 unspecified atom stereocenters. The summed E-state index contributed by atoms with van der Waals surface area (Å²) in [6.07, 6.45) is 10.6. The molecule has 1 aliphatic carbocycles. The standard InChI is InChI=1S/C54H50O2/c1-2-3-4-9-36-14-16-39(17-15-36)48-34-55-51-28-26-40-20-24-46(44-22-18-37-10-5-7-12-42(37)30-44)32-49(40)53(51)54-50-33-47(25-21-41(50)27-29-52(54)56-35-48)45-23-19-38-11-6-8-13-43(38)31-45/h5-8,10-13,18-33,36,39,48H,2-4,9,14-17,34-35H2,1H3. The van der Waals surface area contributed by atoms with Gasteiger partial charge in [0.25, 0.3) is 0 Å². The Morgan fingerprint density at radius 2 is 0.875 bits per heavy atom. The van der Waals surface area contributed by atoms with Crippen LogP contribution in [0.15, 0.2) is 146 Å². The lowest BCUT2D eigenvalue weighted by Crippen LogP contribution is -2.30. The summed E-state index contributed by atoms with van der Waals surface area (Å²) in [6.45, 7) is 3.65. The minimum atomic E-state index is 0.338. The zero-order chi connectivity index (χ0) is 37.4. The second-order valence-corrected chi connectivity index (χ2v) is 16.5. The number of fused-ring (bicyclic) bond motifs is 9. The number of benzene rings is 8. The second-order valence-electron chi connectivity index (χ2n) is 16.5. The molecule has 1 heterocycles. The van der Waals surface area contributed by atoms with E-state index in [1.807, 2.05) is 0 Å². The molecule has 0 aromatic heterocycles. The van der Waals surface area contributed by atoms with Crippen molar-refractivity contribution in [1.82, 2.24) is 0 Å². The first kappa shape index (κ1) is 34.9. The topological polar surface area (TPSA) is 18.5 Å². The van der Waals surface area contributed by atoms with Crippen LogP contribution in [0.3, 0.4) is 0 Å². The predicted octanol–water partition coefficient (Wildman–Crippen LogP) is 15.1. The molecule has 2 heteroatoms. The van der Waals surface area contributed by atoms with Crippen molar-refractivity contribution < 1.29 is 9.47 Å². The van der Waals surface area contributed by atoms with E-state index < -0.39 is 0 Å². The van der Waals surface area contributed by atoms with Crippen LogP contribution < -0.4 is 9.47 Å². The monoisotopic (exact) mass is 730 g/mol. The van der Waals surface area contributed by atoms with Gasteiger partial charge < -0.3 is 9.47 Å². The maximum atomic E-state index is 7.08. The summed E-state index contributed by atoms with van der Waals surface area (Å²) >= 11 is 0. The molecule has 1 aliphatic heterocycles. The van der Waals surface area contributed by atoms with Crippen LogP contribution in [0.2, 0.25) is 0 Å². The minimum absolute atomic E-state index is 0.338. The third-order valence-electron chi connectivity index (χ3n) is 13.1. The lowest BCUT2D eigenvalue weighted by molar-refractivity contribution is 0.0980. The largest absolute Gasteiger partial charge is 0.492 e. The molecule has 8 aromatic carbocycles. The maximum Gasteiger partial charge on any atom is 0.127 e. The van der Waals surface area contributed by atoms with Crippen molar-refractivity contribution in [2.45, 2.75) is 58.3 Å². The number of rotatable bonds is 7. The molecule has 8 aromatic rings. The van der Waals surface area contributed by atoms with Crippen molar-refractivity contribution in [3.63, 3.8) is 0 Å².